The summed E-state index contributed by atoms with van der Waals surface area (Å²) in [5.74, 6) is 1.24. The van der Waals surface area contributed by atoms with Gasteiger partial charge >= 0.3 is 0 Å². The molecular weight excluding hydrogens is 334 g/mol. The molecule has 6 heteroatoms. The molecular formula is C19H20ClN5. The maximum atomic E-state index is 6.12. The molecule has 128 valence electrons. The van der Waals surface area contributed by atoms with Gasteiger partial charge in [0.25, 0.3) is 0 Å². The van der Waals surface area contributed by atoms with E-state index in [1.54, 1.807) is 6.20 Å². The number of nitrogens with zero attached hydrogens (tertiary/aromatic N) is 3. The fourth-order valence-electron chi connectivity index (χ4n) is 2.35. The highest BCUT2D eigenvalue weighted by atomic mass is 35.5. The van der Waals surface area contributed by atoms with Crippen LogP contribution >= 0.6 is 11.6 Å². The van der Waals surface area contributed by atoms with Gasteiger partial charge in [-0.1, -0.05) is 23.7 Å². The van der Waals surface area contributed by atoms with E-state index in [0.29, 0.717) is 16.8 Å². The van der Waals surface area contributed by atoms with Gasteiger partial charge in [0.1, 0.15) is 5.82 Å². The van der Waals surface area contributed by atoms with E-state index < -0.39 is 0 Å². The Morgan fingerprint density at radius 2 is 1.84 bits per heavy atom. The number of anilines is 3. The maximum absolute atomic E-state index is 6.12. The van der Waals surface area contributed by atoms with Crippen LogP contribution < -0.4 is 10.6 Å². The minimum Gasteiger partial charge on any atom is -0.352 e. The quantitative estimate of drug-likeness (QED) is 0.671. The SMILES string of the molecule is Cc1ccc(Cl)cc1Nc1cc(-c2ccccn2)nc(NC(C)C)n1. The first-order chi connectivity index (χ1) is 12.0. The van der Waals surface area contributed by atoms with Crippen molar-refractivity contribution < 1.29 is 0 Å². The first-order valence-electron chi connectivity index (χ1n) is 8.11. The number of aromatic nitrogens is 3. The maximum Gasteiger partial charge on any atom is 0.225 e. The number of hydrogen-bond acceptors (Lipinski definition) is 5. The Hall–Kier alpha value is -2.66. The highest BCUT2D eigenvalue weighted by Gasteiger charge is 2.10. The summed E-state index contributed by atoms with van der Waals surface area (Å²) >= 11 is 6.12. The second-order valence-electron chi connectivity index (χ2n) is 6.06. The van der Waals surface area contributed by atoms with Gasteiger partial charge < -0.3 is 10.6 Å². The van der Waals surface area contributed by atoms with E-state index in [1.807, 2.05) is 63.2 Å². The van der Waals surface area contributed by atoms with Crippen LogP contribution in [0.2, 0.25) is 5.02 Å². The number of nitrogens with one attached hydrogen (secondary N) is 2. The van der Waals surface area contributed by atoms with Crippen LogP contribution in [-0.2, 0) is 0 Å². The molecule has 0 unspecified atom stereocenters. The minimum absolute atomic E-state index is 0.222. The van der Waals surface area contributed by atoms with Crippen LogP contribution in [0.15, 0.2) is 48.7 Å². The largest absolute Gasteiger partial charge is 0.352 e. The number of pyridine rings is 1. The van der Waals surface area contributed by atoms with E-state index in [4.69, 9.17) is 11.6 Å². The van der Waals surface area contributed by atoms with Crippen molar-refractivity contribution in [1.29, 1.82) is 0 Å². The van der Waals surface area contributed by atoms with Crippen molar-refractivity contribution in [1.82, 2.24) is 15.0 Å². The van der Waals surface area contributed by atoms with Crippen LogP contribution in [0.4, 0.5) is 17.5 Å². The summed E-state index contributed by atoms with van der Waals surface area (Å²) in [5.41, 5.74) is 3.54. The lowest BCUT2D eigenvalue weighted by molar-refractivity contribution is 0.875. The van der Waals surface area contributed by atoms with Crippen molar-refractivity contribution in [2.24, 2.45) is 0 Å². The lowest BCUT2D eigenvalue weighted by atomic mass is 10.2. The molecule has 0 amide bonds. The van der Waals surface area contributed by atoms with Crippen molar-refractivity contribution in [3.8, 4) is 11.4 Å². The lowest BCUT2D eigenvalue weighted by Gasteiger charge is -2.14. The van der Waals surface area contributed by atoms with Crippen molar-refractivity contribution in [3.05, 3.63) is 59.2 Å². The number of halogens is 1. The van der Waals surface area contributed by atoms with Crippen LogP contribution in [0.25, 0.3) is 11.4 Å². The number of aryl methyl sites for hydroxylation is 1. The standard InChI is InChI=1S/C19H20ClN5/c1-12(2)22-19-24-17(15-6-4-5-9-21-15)11-18(25-19)23-16-10-14(20)8-7-13(16)3/h4-12H,1-3H3,(H2,22,23,24,25). The monoisotopic (exact) mass is 353 g/mol. The average molecular weight is 354 g/mol. The van der Waals surface area contributed by atoms with Gasteiger partial charge in [0.05, 0.1) is 11.4 Å². The molecule has 25 heavy (non-hydrogen) atoms. The highest BCUT2D eigenvalue weighted by Crippen LogP contribution is 2.26. The Kier molecular flexibility index (Phi) is 5.14. The molecule has 2 aromatic heterocycles. The molecule has 0 saturated heterocycles. The topological polar surface area (TPSA) is 62.7 Å². The zero-order valence-corrected chi connectivity index (χ0v) is 15.2. The van der Waals surface area contributed by atoms with E-state index in [9.17, 15) is 0 Å². The highest BCUT2D eigenvalue weighted by molar-refractivity contribution is 6.30. The molecule has 0 bridgehead atoms. The van der Waals surface area contributed by atoms with Crippen LogP contribution in [0.5, 0.6) is 0 Å². The van der Waals surface area contributed by atoms with Gasteiger partial charge in [-0.15, -0.1) is 0 Å². The summed E-state index contributed by atoms with van der Waals surface area (Å²) in [6, 6.07) is 13.6. The molecule has 0 fully saturated rings. The summed E-state index contributed by atoms with van der Waals surface area (Å²) in [5, 5.41) is 7.26. The first kappa shape index (κ1) is 17.2. The van der Waals surface area contributed by atoms with E-state index >= 15 is 0 Å². The van der Waals surface area contributed by atoms with Crippen molar-refractivity contribution in [3.63, 3.8) is 0 Å². The molecule has 0 aliphatic heterocycles. The molecule has 1 aromatic carbocycles. The lowest BCUT2D eigenvalue weighted by Crippen LogP contribution is -2.13. The van der Waals surface area contributed by atoms with Crippen LogP contribution in [-0.4, -0.2) is 21.0 Å². The number of rotatable bonds is 5. The second-order valence-corrected chi connectivity index (χ2v) is 6.50. The Labute approximate surface area is 152 Å². The van der Waals surface area contributed by atoms with Crippen molar-refractivity contribution in [2.75, 3.05) is 10.6 Å². The van der Waals surface area contributed by atoms with Gasteiger partial charge in [0, 0.05) is 29.0 Å². The van der Waals surface area contributed by atoms with Crippen LogP contribution in [0.1, 0.15) is 19.4 Å². The summed E-state index contributed by atoms with van der Waals surface area (Å²) in [7, 11) is 0. The molecule has 2 heterocycles. The van der Waals surface area contributed by atoms with Gasteiger partial charge in [-0.05, 0) is 50.6 Å². The summed E-state index contributed by atoms with van der Waals surface area (Å²) < 4.78 is 0. The van der Waals surface area contributed by atoms with E-state index in [1.165, 1.54) is 0 Å². The molecule has 3 aromatic rings. The van der Waals surface area contributed by atoms with Gasteiger partial charge in [0.2, 0.25) is 5.95 Å². The third-order valence-electron chi connectivity index (χ3n) is 3.53. The molecule has 0 aliphatic carbocycles. The second kappa shape index (κ2) is 7.49. The zero-order chi connectivity index (χ0) is 17.8. The minimum atomic E-state index is 0.222. The first-order valence-corrected chi connectivity index (χ1v) is 8.49. The molecule has 5 nitrogen and oxygen atoms in total. The molecule has 0 spiro atoms. The molecule has 3 rings (SSSR count). The molecule has 2 N–H and O–H groups in total. The van der Waals surface area contributed by atoms with Gasteiger partial charge in [-0.3, -0.25) is 4.98 Å². The van der Waals surface area contributed by atoms with E-state index in [2.05, 4.69) is 25.6 Å². The summed E-state index contributed by atoms with van der Waals surface area (Å²) in [4.78, 5) is 13.5. The van der Waals surface area contributed by atoms with Crippen LogP contribution in [0, 0.1) is 6.92 Å². The fourth-order valence-corrected chi connectivity index (χ4v) is 2.52. The van der Waals surface area contributed by atoms with Gasteiger partial charge in [0.15, 0.2) is 0 Å². The van der Waals surface area contributed by atoms with E-state index in [-0.39, 0.29) is 6.04 Å². The Bertz CT molecular complexity index is 865. The third kappa shape index (κ3) is 4.45. The Morgan fingerprint density at radius 3 is 2.56 bits per heavy atom. The average Bonchev–Trinajstić information content (AvgIpc) is 2.58. The normalized spacial score (nSPS) is 10.8. The molecule has 0 aliphatic rings. The third-order valence-corrected chi connectivity index (χ3v) is 3.77. The smallest absolute Gasteiger partial charge is 0.225 e. The molecule has 0 saturated carbocycles. The van der Waals surface area contributed by atoms with Crippen molar-refractivity contribution >= 4 is 29.1 Å². The number of benzene rings is 1. The number of hydrogen-bond donors (Lipinski definition) is 2. The fraction of sp³-hybridized carbons (Fsp3) is 0.211. The van der Waals surface area contributed by atoms with Gasteiger partial charge in [-0.25, -0.2) is 4.98 Å². The summed E-state index contributed by atoms with van der Waals surface area (Å²) in [6.07, 6.45) is 1.75. The predicted molar refractivity (Wildman–Crippen MR) is 103 cm³/mol. The van der Waals surface area contributed by atoms with Crippen LogP contribution in [0.3, 0.4) is 0 Å². The predicted octanol–water partition coefficient (Wildman–Crippen LogP) is 5.06. The zero-order valence-electron chi connectivity index (χ0n) is 14.4. The van der Waals surface area contributed by atoms with Gasteiger partial charge in [-0.2, -0.15) is 4.98 Å². The molecule has 0 atom stereocenters. The molecule has 0 radical (unpaired) electrons. The Morgan fingerprint density at radius 1 is 1.00 bits per heavy atom. The van der Waals surface area contributed by atoms with Crippen molar-refractivity contribution in [2.45, 2.75) is 26.8 Å². The Balaban J connectivity index is 2.01. The van der Waals surface area contributed by atoms with E-state index in [0.717, 1.165) is 22.6 Å². The summed E-state index contributed by atoms with van der Waals surface area (Å²) in [6.45, 7) is 6.11.